The first-order chi connectivity index (χ1) is 16.3. The van der Waals surface area contributed by atoms with Gasteiger partial charge < -0.3 is 19.5 Å². The fraction of sp³-hybridized carbons (Fsp3) is 0.400. The third-order valence-electron chi connectivity index (χ3n) is 5.47. The maximum atomic E-state index is 13.1. The molecular weight excluding hydrogens is 434 g/mol. The second-order valence-electron chi connectivity index (χ2n) is 9.34. The first-order valence-electron chi connectivity index (χ1n) is 11.4. The Morgan fingerprint density at radius 3 is 2.71 bits per heavy atom. The number of piperidine rings is 1. The van der Waals surface area contributed by atoms with E-state index in [0.29, 0.717) is 43.3 Å². The van der Waals surface area contributed by atoms with Crippen molar-refractivity contribution in [3.8, 4) is 11.4 Å². The minimum absolute atomic E-state index is 0.122. The number of rotatable bonds is 5. The molecule has 2 aromatic heterocycles. The molecule has 3 heterocycles. The van der Waals surface area contributed by atoms with Gasteiger partial charge in [-0.2, -0.15) is 4.98 Å². The number of ether oxygens (including phenoxy) is 1. The van der Waals surface area contributed by atoms with Gasteiger partial charge in [0.2, 0.25) is 17.6 Å². The fourth-order valence-corrected chi connectivity index (χ4v) is 3.82. The van der Waals surface area contributed by atoms with Crippen LogP contribution < -0.4 is 5.32 Å². The lowest BCUT2D eigenvalue weighted by molar-refractivity contribution is -0.121. The van der Waals surface area contributed by atoms with E-state index in [0.717, 1.165) is 17.5 Å². The highest BCUT2D eigenvalue weighted by molar-refractivity contribution is 5.93. The molecule has 3 aromatic rings. The molecule has 9 heteroatoms. The largest absolute Gasteiger partial charge is 0.444 e. The fourth-order valence-electron chi connectivity index (χ4n) is 3.82. The lowest BCUT2D eigenvalue weighted by Crippen LogP contribution is -2.45. The van der Waals surface area contributed by atoms with E-state index < -0.39 is 5.60 Å². The molecule has 0 saturated carbocycles. The van der Waals surface area contributed by atoms with Gasteiger partial charge in [0, 0.05) is 36.7 Å². The zero-order valence-electron chi connectivity index (χ0n) is 19.7. The van der Waals surface area contributed by atoms with Gasteiger partial charge in [0.15, 0.2) is 0 Å². The van der Waals surface area contributed by atoms with Crippen LogP contribution in [0.5, 0.6) is 0 Å². The van der Waals surface area contributed by atoms with Crippen LogP contribution >= 0.6 is 0 Å². The summed E-state index contributed by atoms with van der Waals surface area (Å²) in [5.41, 5.74) is 1.79. The van der Waals surface area contributed by atoms with Crippen LogP contribution in [-0.4, -0.2) is 50.7 Å². The summed E-state index contributed by atoms with van der Waals surface area (Å²) in [6.45, 7) is 6.42. The molecule has 1 unspecified atom stereocenters. The first kappa shape index (κ1) is 23.4. The monoisotopic (exact) mass is 463 g/mol. The quantitative estimate of drug-likeness (QED) is 0.600. The molecule has 9 nitrogen and oxygen atoms in total. The molecule has 1 fully saturated rings. The number of pyridine rings is 1. The number of aromatic nitrogens is 3. The zero-order chi connectivity index (χ0) is 24.1. The third-order valence-corrected chi connectivity index (χ3v) is 5.47. The average Bonchev–Trinajstić information content (AvgIpc) is 3.28. The standard InChI is InChI=1S/C25H29N5O4/c1-25(2,3)33-24(32)30-14-6-8-19(16-30)23(31)27-20-9-5-4-7-18(20)15-21-28-22(29-34-21)17-10-12-26-13-11-17/h4-5,7,9-13,19H,6,8,14-16H2,1-3H3,(H,27,31). The summed E-state index contributed by atoms with van der Waals surface area (Å²) in [6, 6.07) is 11.2. The number of benzene rings is 1. The van der Waals surface area contributed by atoms with Crippen LogP contribution in [0, 0.1) is 5.92 Å². The molecule has 1 N–H and O–H groups in total. The molecular formula is C25H29N5O4. The van der Waals surface area contributed by atoms with E-state index in [1.165, 1.54) is 0 Å². The zero-order valence-corrected chi connectivity index (χ0v) is 19.7. The summed E-state index contributed by atoms with van der Waals surface area (Å²) in [6.07, 6.45) is 4.80. The van der Waals surface area contributed by atoms with E-state index in [4.69, 9.17) is 9.26 Å². The van der Waals surface area contributed by atoms with Crippen LogP contribution in [0.1, 0.15) is 45.1 Å². The van der Waals surface area contributed by atoms with Crippen molar-refractivity contribution in [2.75, 3.05) is 18.4 Å². The summed E-state index contributed by atoms with van der Waals surface area (Å²) in [4.78, 5) is 35.6. The van der Waals surface area contributed by atoms with Crippen molar-refractivity contribution in [1.82, 2.24) is 20.0 Å². The number of hydrogen-bond donors (Lipinski definition) is 1. The minimum Gasteiger partial charge on any atom is -0.444 e. The van der Waals surface area contributed by atoms with Crippen molar-refractivity contribution < 1.29 is 18.8 Å². The summed E-state index contributed by atoms with van der Waals surface area (Å²) in [5, 5.41) is 7.08. The number of likely N-dealkylation sites (tertiary alicyclic amines) is 1. The molecule has 0 spiro atoms. The Balaban J connectivity index is 1.41. The normalized spacial score (nSPS) is 16.2. The highest BCUT2D eigenvalue weighted by Crippen LogP contribution is 2.24. The Hall–Kier alpha value is -3.75. The van der Waals surface area contributed by atoms with Gasteiger partial charge in [-0.05, 0) is 57.4 Å². The third kappa shape index (κ3) is 5.98. The molecule has 1 aliphatic heterocycles. The number of amides is 2. The van der Waals surface area contributed by atoms with E-state index in [1.807, 2.05) is 57.2 Å². The summed E-state index contributed by atoms with van der Waals surface area (Å²) in [5.74, 6) is 0.505. The maximum absolute atomic E-state index is 13.1. The summed E-state index contributed by atoms with van der Waals surface area (Å²) in [7, 11) is 0. The number of carbonyl (C=O) groups excluding carboxylic acids is 2. The van der Waals surface area contributed by atoms with Crippen LogP contribution in [0.3, 0.4) is 0 Å². The van der Waals surface area contributed by atoms with E-state index in [2.05, 4.69) is 20.4 Å². The first-order valence-corrected chi connectivity index (χ1v) is 11.4. The second-order valence-corrected chi connectivity index (χ2v) is 9.34. The molecule has 1 atom stereocenters. The van der Waals surface area contributed by atoms with Crippen molar-refractivity contribution in [1.29, 1.82) is 0 Å². The van der Waals surface area contributed by atoms with Crippen molar-refractivity contribution in [3.63, 3.8) is 0 Å². The SMILES string of the molecule is CC(C)(C)OC(=O)N1CCCC(C(=O)Nc2ccccc2Cc2nc(-c3ccncc3)no2)C1. The highest BCUT2D eigenvalue weighted by Gasteiger charge is 2.31. The average molecular weight is 464 g/mol. The second kappa shape index (κ2) is 10.0. The number of nitrogens with one attached hydrogen (secondary N) is 1. The Morgan fingerprint density at radius 2 is 1.94 bits per heavy atom. The minimum atomic E-state index is -0.572. The van der Waals surface area contributed by atoms with E-state index in [1.54, 1.807) is 17.3 Å². The topological polar surface area (TPSA) is 110 Å². The molecule has 0 bridgehead atoms. The van der Waals surface area contributed by atoms with Crippen LogP contribution in [0.25, 0.3) is 11.4 Å². The molecule has 1 aromatic carbocycles. The van der Waals surface area contributed by atoms with Crippen molar-refractivity contribution in [3.05, 3.63) is 60.2 Å². The summed E-state index contributed by atoms with van der Waals surface area (Å²) >= 11 is 0. The van der Waals surface area contributed by atoms with Gasteiger partial charge in [-0.15, -0.1) is 0 Å². The predicted molar refractivity (Wildman–Crippen MR) is 126 cm³/mol. The van der Waals surface area contributed by atoms with E-state index in [9.17, 15) is 9.59 Å². The van der Waals surface area contributed by atoms with Gasteiger partial charge in [-0.25, -0.2) is 4.79 Å². The molecule has 1 saturated heterocycles. The summed E-state index contributed by atoms with van der Waals surface area (Å²) < 4.78 is 10.9. The number of para-hydroxylation sites is 1. The molecule has 0 aliphatic carbocycles. The van der Waals surface area contributed by atoms with Crippen molar-refractivity contribution >= 4 is 17.7 Å². The van der Waals surface area contributed by atoms with E-state index >= 15 is 0 Å². The van der Waals surface area contributed by atoms with Gasteiger partial charge in [0.05, 0.1) is 12.3 Å². The maximum Gasteiger partial charge on any atom is 0.410 e. The molecule has 1 aliphatic rings. The van der Waals surface area contributed by atoms with Crippen LogP contribution in [0.4, 0.5) is 10.5 Å². The van der Waals surface area contributed by atoms with Crippen LogP contribution in [0.15, 0.2) is 53.3 Å². The van der Waals surface area contributed by atoms with Crippen molar-refractivity contribution in [2.24, 2.45) is 5.92 Å². The van der Waals surface area contributed by atoms with E-state index in [-0.39, 0.29) is 17.9 Å². The number of carbonyl (C=O) groups is 2. The van der Waals surface area contributed by atoms with Gasteiger partial charge in [-0.1, -0.05) is 23.4 Å². The Morgan fingerprint density at radius 1 is 1.18 bits per heavy atom. The van der Waals surface area contributed by atoms with Crippen LogP contribution in [-0.2, 0) is 16.0 Å². The lowest BCUT2D eigenvalue weighted by atomic mass is 9.97. The predicted octanol–water partition coefficient (Wildman–Crippen LogP) is 4.31. The van der Waals surface area contributed by atoms with Crippen molar-refractivity contribution in [2.45, 2.75) is 45.6 Å². The van der Waals surface area contributed by atoms with Gasteiger partial charge >= 0.3 is 6.09 Å². The number of hydrogen-bond acceptors (Lipinski definition) is 7. The smallest absolute Gasteiger partial charge is 0.410 e. The molecule has 34 heavy (non-hydrogen) atoms. The number of anilines is 1. The molecule has 4 rings (SSSR count). The molecule has 178 valence electrons. The molecule has 2 amide bonds. The molecule has 0 radical (unpaired) electrons. The van der Waals surface area contributed by atoms with Gasteiger partial charge in [-0.3, -0.25) is 9.78 Å². The Bertz CT molecular complexity index is 1140. The lowest BCUT2D eigenvalue weighted by Gasteiger charge is -2.33. The van der Waals surface area contributed by atoms with Gasteiger partial charge in [0.25, 0.3) is 0 Å². The van der Waals surface area contributed by atoms with Gasteiger partial charge in [0.1, 0.15) is 5.60 Å². The Kier molecular flexibility index (Phi) is 6.90. The van der Waals surface area contributed by atoms with Crippen LogP contribution in [0.2, 0.25) is 0 Å². The highest BCUT2D eigenvalue weighted by atomic mass is 16.6. The Labute approximate surface area is 198 Å². The number of nitrogens with zero attached hydrogens (tertiary/aromatic N) is 4.